The van der Waals surface area contributed by atoms with Gasteiger partial charge in [0.1, 0.15) is 12.7 Å². The lowest BCUT2D eigenvalue weighted by molar-refractivity contribution is -0.422. The topological polar surface area (TPSA) is 162 Å². The molecule has 2 heterocycles. The van der Waals surface area contributed by atoms with Crippen molar-refractivity contribution in [1.29, 1.82) is 0 Å². The van der Waals surface area contributed by atoms with Crippen molar-refractivity contribution in [2.24, 2.45) is 0 Å². The molecule has 1 N–H and O–H groups in total. The average molecular weight is 702 g/mol. The predicted octanol–water partition coefficient (Wildman–Crippen LogP) is 2.75. The first-order valence-electron chi connectivity index (χ1n) is 13.2. The van der Waals surface area contributed by atoms with Gasteiger partial charge in [0.25, 0.3) is 0 Å². The molecule has 5 atom stereocenters. The van der Waals surface area contributed by atoms with Gasteiger partial charge in [-0.15, -0.1) is 5.10 Å². The molecule has 14 heteroatoms. The van der Waals surface area contributed by atoms with Crippen LogP contribution in [0.4, 0.5) is 0 Å². The van der Waals surface area contributed by atoms with Crippen molar-refractivity contribution < 1.29 is 52.7 Å². The lowest BCUT2D eigenvalue weighted by Crippen LogP contribution is -2.70. The van der Waals surface area contributed by atoms with E-state index in [1.54, 1.807) is 4.68 Å². The summed E-state index contributed by atoms with van der Waals surface area (Å²) in [6.07, 6.45) is -5.98. The molecule has 13 nitrogen and oxygen atoms in total. The summed E-state index contributed by atoms with van der Waals surface area (Å²) in [5.41, 5.74) is 2.28. The molecule has 3 rings (SSSR count). The summed E-state index contributed by atoms with van der Waals surface area (Å²) >= 11 is 2.20. The summed E-state index contributed by atoms with van der Waals surface area (Å²) in [4.78, 5) is 48.0. The maximum Gasteiger partial charge on any atom is 0.369 e. The molecule has 42 heavy (non-hydrogen) atoms. The zero-order chi connectivity index (χ0) is 31.4. The number of nitrogens with zero attached hydrogens (tertiary/aromatic N) is 2. The normalized spacial score (nSPS) is 23.7. The van der Waals surface area contributed by atoms with Crippen LogP contribution >= 0.6 is 22.6 Å². The molecule has 230 valence electrons. The quantitative estimate of drug-likeness (QED) is 0.167. The predicted molar refractivity (Wildman–Crippen MR) is 153 cm³/mol. The highest BCUT2D eigenvalue weighted by molar-refractivity contribution is 14.1. The monoisotopic (exact) mass is 702 g/mol. The molecule has 1 aliphatic rings. The molecule has 2 aromatic rings. The van der Waals surface area contributed by atoms with Gasteiger partial charge in [-0.3, -0.25) is 23.9 Å². The highest BCUT2D eigenvalue weighted by Gasteiger charge is 2.62. The Morgan fingerprint density at radius 2 is 1.55 bits per heavy atom. The number of aromatic nitrogens is 2. The fraction of sp³-hybridized carbons (Fsp3) is 0.536. The van der Waals surface area contributed by atoms with E-state index < -0.39 is 60.9 Å². The van der Waals surface area contributed by atoms with Gasteiger partial charge >= 0.3 is 29.9 Å². The first-order chi connectivity index (χ1) is 19.6. The van der Waals surface area contributed by atoms with Crippen LogP contribution in [-0.2, 0) is 49.3 Å². The molecule has 1 aromatic heterocycles. The third kappa shape index (κ3) is 8.19. The van der Waals surface area contributed by atoms with E-state index in [0.717, 1.165) is 42.5 Å². The van der Waals surface area contributed by atoms with Crippen molar-refractivity contribution in [3.63, 3.8) is 0 Å². The van der Waals surface area contributed by atoms with E-state index in [1.165, 1.54) is 0 Å². The van der Waals surface area contributed by atoms with Gasteiger partial charge in [0.05, 0.1) is 0 Å². The molecule has 0 radical (unpaired) electrons. The largest absolute Gasteiger partial charge is 0.463 e. The lowest BCUT2D eigenvalue weighted by atomic mass is 9.96. The number of ether oxygens (including phenoxy) is 6. The Kier molecular flexibility index (Phi) is 10.9. The van der Waals surface area contributed by atoms with Gasteiger partial charge < -0.3 is 33.5 Å². The van der Waals surface area contributed by atoms with Crippen molar-refractivity contribution >= 4 is 46.5 Å². The number of halogens is 1. The van der Waals surface area contributed by atoms with Crippen molar-refractivity contribution in [2.45, 2.75) is 91.3 Å². The van der Waals surface area contributed by atoms with E-state index in [-0.39, 0.29) is 11.9 Å². The SMILES string of the molecule is CC(=O)OC[C@H]1O[C@@](O)(Oc2nn(C(C)C)c(C)c2Cc2ccc(I)cc2)[C@H](OC(C)=O)[C@@H](OC(C)=O)[C@@H]1OC(C)=O. The number of benzene rings is 1. The first-order valence-corrected chi connectivity index (χ1v) is 14.3. The number of carbonyl (C=O) groups is 4. The Labute approximate surface area is 256 Å². The second-order valence-corrected chi connectivity index (χ2v) is 11.3. The molecule has 1 aromatic carbocycles. The van der Waals surface area contributed by atoms with Gasteiger partial charge in [0.15, 0.2) is 12.2 Å². The standard InChI is InChI=1S/C28H35IN2O11/c1-14(2)31-15(3)22(12-20-8-10-21(29)11-9-20)27(30-31)42-28(36)26(40-19(7)35)25(39-18(6)34)24(38-17(5)33)23(41-28)13-37-16(4)32/h8-11,14,23-26,36H,12-13H2,1-7H3/t23-,24-,25+,26-,28-/m1/s1. The molecule has 0 spiro atoms. The number of aliphatic hydroxyl groups is 1. The summed E-state index contributed by atoms with van der Waals surface area (Å²) in [5, 5.41) is 16.5. The van der Waals surface area contributed by atoms with Gasteiger partial charge in [-0.1, -0.05) is 12.1 Å². The van der Waals surface area contributed by atoms with Gasteiger partial charge in [-0.05, 0) is 61.1 Å². The number of esters is 4. The minimum Gasteiger partial charge on any atom is -0.463 e. The van der Waals surface area contributed by atoms with Crippen LogP contribution in [0.5, 0.6) is 5.88 Å². The number of hydrogen-bond acceptors (Lipinski definition) is 12. The molecular formula is C28H35IN2O11. The Morgan fingerprint density at radius 1 is 0.976 bits per heavy atom. The maximum absolute atomic E-state index is 12.2. The summed E-state index contributed by atoms with van der Waals surface area (Å²) < 4.78 is 35.9. The molecule has 0 unspecified atom stereocenters. The van der Waals surface area contributed by atoms with Crippen LogP contribution in [0.3, 0.4) is 0 Å². The summed E-state index contributed by atoms with van der Waals surface area (Å²) in [7, 11) is 0. The molecule has 1 saturated heterocycles. The molecule has 1 fully saturated rings. The van der Waals surface area contributed by atoms with Crippen LogP contribution in [0.2, 0.25) is 0 Å². The Hall–Kier alpha value is -3.24. The van der Waals surface area contributed by atoms with E-state index in [0.29, 0.717) is 12.0 Å². The van der Waals surface area contributed by atoms with Crippen LogP contribution in [0, 0.1) is 10.5 Å². The van der Waals surface area contributed by atoms with Gasteiger partial charge in [-0.25, -0.2) is 0 Å². The van der Waals surface area contributed by atoms with E-state index in [1.807, 2.05) is 45.0 Å². The summed E-state index contributed by atoms with van der Waals surface area (Å²) in [6, 6.07) is 7.70. The van der Waals surface area contributed by atoms with E-state index in [2.05, 4.69) is 27.7 Å². The molecule has 1 aliphatic heterocycles. The second-order valence-electron chi connectivity index (χ2n) is 10.1. The van der Waals surface area contributed by atoms with Crippen LogP contribution in [-0.4, -0.2) is 75.8 Å². The molecule has 0 amide bonds. The Morgan fingerprint density at radius 3 is 2.07 bits per heavy atom. The van der Waals surface area contributed by atoms with Gasteiger partial charge in [0, 0.05) is 55.0 Å². The molecule has 0 aliphatic carbocycles. The first kappa shape index (κ1) is 33.3. The van der Waals surface area contributed by atoms with Crippen molar-refractivity contribution in [3.8, 4) is 5.88 Å². The number of rotatable bonds is 10. The third-order valence-electron chi connectivity index (χ3n) is 6.28. The van der Waals surface area contributed by atoms with Crippen molar-refractivity contribution in [1.82, 2.24) is 9.78 Å². The summed E-state index contributed by atoms with van der Waals surface area (Å²) in [6.45, 7) is 9.55. The van der Waals surface area contributed by atoms with Crippen LogP contribution in [0.1, 0.15) is 64.4 Å². The number of hydrogen-bond donors (Lipinski definition) is 1. The van der Waals surface area contributed by atoms with E-state index >= 15 is 0 Å². The Balaban J connectivity index is 2.15. The smallest absolute Gasteiger partial charge is 0.369 e. The maximum atomic E-state index is 12.2. The highest BCUT2D eigenvalue weighted by Crippen LogP contribution is 2.38. The summed E-state index contributed by atoms with van der Waals surface area (Å²) in [5.74, 6) is -6.10. The van der Waals surface area contributed by atoms with E-state index in [9.17, 15) is 24.3 Å². The molecular weight excluding hydrogens is 667 g/mol. The fourth-order valence-electron chi connectivity index (χ4n) is 4.59. The Bertz CT molecular complexity index is 1310. The number of carbonyl (C=O) groups excluding carboxylic acids is 4. The second kappa shape index (κ2) is 13.8. The highest BCUT2D eigenvalue weighted by atomic mass is 127. The van der Waals surface area contributed by atoms with Crippen LogP contribution < -0.4 is 4.74 Å². The zero-order valence-corrected chi connectivity index (χ0v) is 26.6. The van der Waals surface area contributed by atoms with Crippen molar-refractivity contribution in [3.05, 3.63) is 44.7 Å². The van der Waals surface area contributed by atoms with Gasteiger partial charge in [0.2, 0.25) is 12.0 Å². The molecule has 0 saturated carbocycles. The lowest BCUT2D eigenvalue weighted by Gasteiger charge is -2.47. The van der Waals surface area contributed by atoms with E-state index in [4.69, 9.17) is 28.4 Å². The van der Waals surface area contributed by atoms with Crippen LogP contribution in [0.25, 0.3) is 0 Å². The molecule has 0 bridgehead atoms. The van der Waals surface area contributed by atoms with Crippen molar-refractivity contribution in [2.75, 3.05) is 6.61 Å². The third-order valence-corrected chi connectivity index (χ3v) is 7.00. The minimum absolute atomic E-state index is 0.0434. The average Bonchev–Trinajstić information content (AvgIpc) is 3.17. The fourth-order valence-corrected chi connectivity index (χ4v) is 4.95. The minimum atomic E-state index is -2.84. The van der Waals surface area contributed by atoms with Crippen LogP contribution in [0.15, 0.2) is 24.3 Å². The van der Waals surface area contributed by atoms with Gasteiger partial charge in [-0.2, -0.15) is 0 Å². The zero-order valence-electron chi connectivity index (χ0n) is 24.4.